The molecule has 0 spiro atoms. The molecule has 2 aromatic heterocycles. The van der Waals surface area contributed by atoms with Crippen LogP contribution in [0.4, 0.5) is 0 Å². The minimum Gasteiger partial charge on any atom is -0.490 e. The summed E-state index contributed by atoms with van der Waals surface area (Å²) in [5.74, 6) is 0.734. The van der Waals surface area contributed by atoms with E-state index >= 15 is 0 Å². The zero-order chi connectivity index (χ0) is 22.8. The minimum absolute atomic E-state index is 0.00277. The van der Waals surface area contributed by atoms with Gasteiger partial charge in [-0.15, -0.1) is 0 Å². The Hall–Kier alpha value is -3.37. The Kier molecular flexibility index (Phi) is 6.15. The van der Waals surface area contributed by atoms with Gasteiger partial charge in [0.2, 0.25) is 0 Å². The lowest BCUT2D eigenvalue weighted by Gasteiger charge is -2.16. The van der Waals surface area contributed by atoms with Crippen LogP contribution < -0.4 is 16.0 Å². The molecule has 0 unspecified atom stereocenters. The van der Waals surface area contributed by atoms with Gasteiger partial charge in [0.1, 0.15) is 24.2 Å². The zero-order valence-corrected chi connectivity index (χ0v) is 18.4. The fourth-order valence-electron chi connectivity index (χ4n) is 3.43. The molecule has 10 heteroatoms. The highest BCUT2D eigenvalue weighted by molar-refractivity contribution is 7.99. The van der Waals surface area contributed by atoms with Crippen LogP contribution in [0.3, 0.4) is 0 Å². The number of fused-ring (bicyclic) bond motifs is 2. The number of aromatic nitrogens is 4. The molecule has 0 fully saturated rings. The van der Waals surface area contributed by atoms with Gasteiger partial charge in [0.15, 0.2) is 16.3 Å². The van der Waals surface area contributed by atoms with Gasteiger partial charge in [-0.05, 0) is 18.4 Å². The molecule has 0 aliphatic carbocycles. The number of rotatable bonds is 8. The van der Waals surface area contributed by atoms with Gasteiger partial charge in [-0.1, -0.05) is 48.2 Å². The Bertz CT molecular complexity index is 1420. The van der Waals surface area contributed by atoms with Crippen molar-refractivity contribution < 1.29 is 14.6 Å². The number of hydrogen-bond donors (Lipinski definition) is 2. The van der Waals surface area contributed by atoms with Crippen molar-refractivity contribution in [1.29, 1.82) is 0 Å². The fraction of sp³-hybridized carbons (Fsp3) is 0.273. The number of carbonyl (C=O) groups excluding carboxylic acids is 1. The molecule has 0 saturated heterocycles. The lowest BCUT2D eigenvalue weighted by atomic mass is 10.1. The van der Waals surface area contributed by atoms with E-state index in [1.165, 1.54) is 23.1 Å². The summed E-state index contributed by atoms with van der Waals surface area (Å²) in [6.45, 7) is 1.44. The SMILES string of the molecule is CC(=O)CSc1nc2c(c(=O)[nH]c(=O)n2C)n1C[C@@H](O)COc1cccc2ccccc12. The molecule has 0 saturated carbocycles. The van der Waals surface area contributed by atoms with E-state index in [9.17, 15) is 19.5 Å². The van der Waals surface area contributed by atoms with Gasteiger partial charge in [0, 0.05) is 12.4 Å². The smallest absolute Gasteiger partial charge is 0.329 e. The minimum atomic E-state index is -0.973. The summed E-state index contributed by atoms with van der Waals surface area (Å²) in [6.07, 6.45) is -0.973. The lowest BCUT2D eigenvalue weighted by Crippen LogP contribution is -2.30. The first-order valence-corrected chi connectivity index (χ1v) is 10.9. The van der Waals surface area contributed by atoms with E-state index < -0.39 is 17.4 Å². The number of Topliss-reactive ketones (excluding diaryl/α,β-unsaturated/α-hetero) is 1. The average molecular weight is 455 g/mol. The Morgan fingerprint density at radius 3 is 2.75 bits per heavy atom. The van der Waals surface area contributed by atoms with Crippen LogP contribution in [-0.4, -0.2) is 48.5 Å². The number of thioether (sulfide) groups is 1. The first kappa shape index (κ1) is 21.8. The summed E-state index contributed by atoms with van der Waals surface area (Å²) in [4.78, 5) is 42.6. The molecule has 2 aromatic carbocycles. The number of imidazole rings is 1. The second-order valence-corrected chi connectivity index (χ2v) is 8.37. The number of aromatic amines is 1. The highest BCUT2D eigenvalue weighted by Crippen LogP contribution is 2.26. The number of hydrogen-bond acceptors (Lipinski definition) is 7. The summed E-state index contributed by atoms with van der Waals surface area (Å²) in [5, 5.41) is 13.0. The van der Waals surface area contributed by atoms with E-state index in [2.05, 4.69) is 9.97 Å². The monoisotopic (exact) mass is 454 g/mol. The Labute approximate surface area is 186 Å². The van der Waals surface area contributed by atoms with Crippen LogP contribution in [0.1, 0.15) is 6.92 Å². The maximum atomic E-state index is 12.5. The summed E-state index contributed by atoms with van der Waals surface area (Å²) < 4.78 is 8.62. The molecule has 2 N–H and O–H groups in total. The van der Waals surface area contributed by atoms with Crippen molar-refractivity contribution in [3.8, 4) is 5.75 Å². The van der Waals surface area contributed by atoms with E-state index in [0.717, 1.165) is 22.5 Å². The van der Waals surface area contributed by atoms with E-state index in [1.807, 2.05) is 42.5 Å². The number of H-pyrrole nitrogens is 1. The third-order valence-electron chi connectivity index (χ3n) is 4.95. The van der Waals surface area contributed by atoms with E-state index in [1.54, 1.807) is 0 Å². The maximum absolute atomic E-state index is 12.5. The van der Waals surface area contributed by atoms with Gasteiger partial charge < -0.3 is 14.4 Å². The number of benzene rings is 2. The third-order valence-corrected chi connectivity index (χ3v) is 6.07. The second kappa shape index (κ2) is 9.01. The quantitative estimate of drug-likeness (QED) is 0.389. The molecule has 0 aliphatic heterocycles. The number of aliphatic hydroxyl groups excluding tert-OH is 1. The van der Waals surface area contributed by atoms with Gasteiger partial charge in [0.05, 0.1) is 12.3 Å². The Morgan fingerprint density at radius 2 is 1.97 bits per heavy atom. The normalized spacial score (nSPS) is 12.3. The van der Waals surface area contributed by atoms with Crippen molar-refractivity contribution in [1.82, 2.24) is 19.1 Å². The molecule has 32 heavy (non-hydrogen) atoms. The van der Waals surface area contributed by atoms with Gasteiger partial charge in [-0.2, -0.15) is 0 Å². The summed E-state index contributed by atoms with van der Waals surface area (Å²) in [6, 6.07) is 13.5. The van der Waals surface area contributed by atoms with Crippen LogP contribution in [0, 0.1) is 0 Å². The molecule has 0 aliphatic rings. The molecule has 0 bridgehead atoms. The van der Waals surface area contributed by atoms with Crippen molar-refractivity contribution >= 4 is 39.5 Å². The Morgan fingerprint density at radius 1 is 1.22 bits per heavy atom. The van der Waals surface area contributed by atoms with Crippen molar-refractivity contribution in [3.63, 3.8) is 0 Å². The molecular weight excluding hydrogens is 432 g/mol. The van der Waals surface area contributed by atoms with Crippen molar-refractivity contribution in [3.05, 3.63) is 63.3 Å². The van der Waals surface area contributed by atoms with Crippen molar-refractivity contribution in [2.24, 2.45) is 7.05 Å². The molecule has 9 nitrogen and oxygen atoms in total. The second-order valence-electron chi connectivity index (χ2n) is 7.43. The largest absolute Gasteiger partial charge is 0.490 e. The van der Waals surface area contributed by atoms with Gasteiger partial charge in [0.25, 0.3) is 5.56 Å². The van der Waals surface area contributed by atoms with Gasteiger partial charge in [-0.3, -0.25) is 19.1 Å². The van der Waals surface area contributed by atoms with Crippen LogP contribution >= 0.6 is 11.8 Å². The summed E-state index contributed by atoms with van der Waals surface area (Å²) >= 11 is 1.14. The molecule has 2 heterocycles. The highest BCUT2D eigenvalue weighted by atomic mass is 32.2. The van der Waals surface area contributed by atoms with Crippen LogP contribution in [-0.2, 0) is 18.4 Å². The molecule has 4 rings (SSSR count). The Balaban J connectivity index is 1.62. The molecule has 0 amide bonds. The highest BCUT2D eigenvalue weighted by Gasteiger charge is 2.20. The summed E-state index contributed by atoms with van der Waals surface area (Å²) in [7, 11) is 1.50. The first-order chi connectivity index (χ1) is 15.3. The van der Waals surface area contributed by atoms with E-state index in [4.69, 9.17) is 4.74 Å². The number of carbonyl (C=O) groups is 1. The average Bonchev–Trinajstić information content (AvgIpc) is 3.13. The lowest BCUT2D eigenvalue weighted by molar-refractivity contribution is -0.114. The first-order valence-electron chi connectivity index (χ1n) is 9.95. The van der Waals surface area contributed by atoms with Crippen molar-refractivity contribution in [2.75, 3.05) is 12.4 Å². The molecule has 1 atom stereocenters. The standard InChI is InChI=1S/C22H22N4O5S/c1-13(27)12-32-22-23-19-18(20(29)24-21(30)25(19)2)26(22)10-15(28)11-31-17-9-5-7-14-6-3-4-8-16(14)17/h3-9,15,28H,10-12H2,1-2H3,(H,24,29,30)/t15-/m1/s1. The molecule has 166 valence electrons. The number of ether oxygens (including phenoxy) is 1. The molecular formula is C22H22N4O5S. The van der Waals surface area contributed by atoms with Gasteiger partial charge >= 0.3 is 5.69 Å². The topological polar surface area (TPSA) is 119 Å². The van der Waals surface area contributed by atoms with Crippen LogP contribution in [0.2, 0.25) is 0 Å². The molecule has 4 aromatic rings. The van der Waals surface area contributed by atoms with E-state index in [0.29, 0.717) is 10.9 Å². The van der Waals surface area contributed by atoms with Crippen LogP contribution in [0.5, 0.6) is 5.75 Å². The number of nitrogens with one attached hydrogen (secondary N) is 1. The predicted molar refractivity (Wildman–Crippen MR) is 122 cm³/mol. The summed E-state index contributed by atoms with van der Waals surface area (Å²) in [5.41, 5.74) is -0.850. The third kappa shape index (κ3) is 4.32. The molecule has 0 radical (unpaired) electrons. The fourth-order valence-corrected chi connectivity index (χ4v) is 4.24. The number of nitrogens with zero attached hydrogens (tertiary/aromatic N) is 3. The van der Waals surface area contributed by atoms with E-state index in [-0.39, 0.29) is 35.9 Å². The maximum Gasteiger partial charge on any atom is 0.329 e. The number of aliphatic hydroxyl groups is 1. The number of ketones is 1. The van der Waals surface area contributed by atoms with Crippen molar-refractivity contribution in [2.45, 2.75) is 24.7 Å². The zero-order valence-electron chi connectivity index (χ0n) is 17.6. The van der Waals surface area contributed by atoms with Crippen LogP contribution in [0.25, 0.3) is 21.9 Å². The number of aryl methyl sites for hydroxylation is 1. The predicted octanol–water partition coefficient (Wildman–Crippen LogP) is 1.70. The van der Waals surface area contributed by atoms with Gasteiger partial charge in [-0.25, -0.2) is 9.78 Å². The van der Waals surface area contributed by atoms with Crippen LogP contribution in [0.15, 0.2) is 57.2 Å².